The van der Waals surface area contributed by atoms with Crippen LogP contribution in [0.1, 0.15) is 96.1 Å². The van der Waals surface area contributed by atoms with E-state index >= 15 is 0 Å². The summed E-state index contributed by atoms with van der Waals surface area (Å²) in [4.78, 5) is 29.0. The number of anilines is 2. The van der Waals surface area contributed by atoms with E-state index in [1.807, 2.05) is 23.9 Å². The van der Waals surface area contributed by atoms with Crippen LogP contribution in [0.2, 0.25) is 0 Å². The SMILES string of the molecule is CCCCC(C)CC.COc1cc2c(cc1OCCCNC(=O)CCSSCCNC(=O)CCCCC1SCC3NC(N)=NC31)-c1[nH]nc(Nc3cccc(F)c3)c1C2. The maximum absolute atomic E-state index is 13.7. The number of rotatable bonds is 24. The quantitative estimate of drug-likeness (QED) is 0.0297. The molecule has 7 N–H and O–H groups in total. The van der Waals surface area contributed by atoms with Crippen LogP contribution in [0, 0.1) is 11.7 Å². The molecule has 12 nitrogen and oxygen atoms in total. The number of aromatic amines is 1. The van der Waals surface area contributed by atoms with Crippen molar-refractivity contribution in [1.29, 1.82) is 0 Å². The number of methoxy groups -OCH3 is 1. The molecule has 1 saturated heterocycles. The van der Waals surface area contributed by atoms with Crippen LogP contribution >= 0.6 is 33.3 Å². The summed E-state index contributed by atoms with van der Waals surface area (Å²) in [5.74, 6) is 5.76. The molecule has 324 valence electrons. The molecule has 2 aliphatic heterocycles. The summed E-state index contributed by atoms with van der Waals surface area (Å²) in [6, 6.07) is 10.9. The lowest BCUT2D eigenvalue weighted by atomic mass is 10.0. The summed E-state index contributed by atoms with van der Waals surface area (Å²) in [7, 11) is 4.92. The second-order valence-electron chi connectivity index (χ2n) is 15.2. The zero-order chi connectivity index (χ0) is 42.0. The number of thioether (sulfide) groups is 1. The summed E-state index contributed by atoms with van der Waals surface area (Å²) in [5.41, 5.74) is 10.4. The van der Waals surface area contributed by atoms with E-state index in [-0.39, 0.29) is 23.7 Å². The minimum Gasteiger partial charge on any atom is -0.493 e. The van der Waals surface area contributed by atoms with E-state index < -0.39 is 0 Å². The predicted molar refractivity (Wildman–Crippen MR) is 245 cm³/mol. The first-order valence-electron chi connectivity index (χ1n) is 21.1. The molecule has 2 aromatic carbocycles. The van der Waals surface area contributed by atoms with Crippen LogP contribution in [-0.4, -0.2) is 89.4 Å². The Kier molecular flexibility index (Phi) is 19.2. The number of unbranched alkanes of at least 4 members (excludes halogenated alkanes) is 2. The van der Waals surface area contributed by atoms with Gasteiger partial charge in [0.25, 0.3) is 0 Å². The van der Waals surface area contributed by atoms with Crippen LogP contribution in [0.5, 0.6) is 11.5 Å². The van der Waals surface area contributed by atoms with Gasteiger partial charge in [0.15, 0.2) is 23.3 Å². The Bertz CT molecular complexity index is 1830. The van der Waals surface area contributed by atoms with Crippen molar-refractivity contribution in [2.75, 3.05) is 49.4 Å². The van der Waals surface area contributed by atoms with Crippen molar-refractivity contribution in [3.8, 4) is 22.8 Å². The number of hydrogen-bond acceptors (Lipinski definition) is 12. The first-order chi connectivity index (χ1) is 28.7. The van der Waals surface area contributed by atoms with Gasteiger partial charge in [-0.25, -0.2) is 9.38 Å². The number of ether oxygens (including phenoxy) is 2. The number of benzene rings is 2. The molecular weight excluding hydrogens is 808 g/mol. The lowest BCUT2D eigenvalue weighted by molar-refractivity contribution is -0.121. The molecule has 0 saturated carbocycles. The average Bonchev–Trinajstić information content (AvgIpc) is 3.99. The van der Waals surface area contributed by atoms with Gasteiger partial charge in [-0.2, -0.15) is 16.9 Å². The normalized spacial score (nSPS) is 17.7. The molecule has 4 atom stereocenters. The van der Waals surface area contributed by atoms with Crippen molar-refractivity contribution in [2.45, 2.75) is 109 Å². The second kappa shape index (κ2) is 24.5. The van der Waals surface area contributed by atoms with Crippen LogP contribution in [0.25, 0.3) is 11.3 Å². The molecule has 1 fully saturated rings. The Hall–Kier alpha value is -3.76. The van der Waals surface area contributed by atoms with Crippen molar-refractivity contribution in [3.05, 3.63) is 53.3 Å². The molecule has 3 aliphatic rings. The molecule has 4 unspecified atom stereocenters. The first-order valence-corrected chi connectivity index (χ1v) is 24.7. The number of aromatic nitrogens is 2. The van der Waals surface area contributed by atoms with Crippen molar-refractivity contribution in [3.63, 3.8) is 0 Å². The minimum absolute atomic E-state index is 0.00642. The maximum Gasteiger partial charge on any atom is 0.220 e. The summed E-state index contributed by atoms with van der Waals surface area (Å²) >= 11 is 1.95. The van der Waals surface area contributed by atoms with Gasteiger partial charge in [0, 0.05) is 71.7 Å². The molecule has 3 aromatic rings. The van der Waals surface area contributed by atoms with Crippen LogP contribution in [0.3, 0.4) is 0 Å². The highest BCUT2D eigenvalue weighted by molar-refractivity contribution is 8.76. The number of amides is 2. The number of fused-ring (bicyclic) bond motifs is 4. The number of hydrogen-bond donors (Lipinski definition) is 6. The van der Waals surface area contributed by atoms with Gasteiger partial charge in [0.05, 0.1) is 31.5 Å². The molecule has 6 rings (SSSR count). The summed E-state index contributed by atoms with van der Waals surface area (Å²) in [6.45, 7) is 8.39. The van der Waals surface area contributed by atoms with Gasteiger partial charge < -0.3 is 36.5 Å². The fourth-order valence-corrected chi connectivity index (χ4v) is 10.6. The van der Waals surface area contributed by atoms with E-state index in [1.54, 1.807) is 40.8 Å². The first kappa shape index (κ1) is 46.3. The predicted octanol–water partition coefficient (Wildman–Crippen LogP) is 8.20. The molecule has 0 radical (unpaired) electrons. The number of nitrogens with one attached hydrogen (secondary N) is 5. The summed E-state index contributed by atoms with van der Waals surface area (Å²) in [5, 5.41) is 20.4. The standard InChI is InChI=1S/C35H45FN8O4S3.C8H18/c1-47-27-17-21-16-25-32(43-44-34(25)40-23-7-4-6-22(36)18-23)24(21)19-28(27)48-13-5-11-38-31(46)10-14-50-51-15-12-39-30(45)9-3-2-8-29-33-26(20-49-29)41-35(37)42-33;1-4-6-7-8(3)5-2/h4,6-7,17-19,26,29,33H,2-3,5,8-16,20H2,1H3,(H,38,46)(H,39,45)(H3,37,41,42)(H2,40,43,44);8H,4-7H2,1-3H3. The van der Waals surface area contributed by atoms with Gasteiger partial charge in [-0.3, -0.25) is 14.7 Å². The van der Waals surface area contributed by atoms with E-state index in [9.17, 15) is 14.0 Å². The van der Waals surface area contributed by atoms with Gasteiger partial charge in [-0.15, -0.1) is 0 Å². The topological polar surface area (TPSA) is 168 Å². The summed E-state index contributed by atoms with van der Waals surface area (Å²) < 4.78 is 25.3. The van der Waals surface area contributed by atoms with Gasteiger partial charge in [0.2, 0.25) is 11.8 Å². The van der Waals surface area contributed by atoms with Gasteiger partial charge >= 0.3 is 0 Å². The monoisotopic (exact) mass is 870 g/mol. The van der Waals surface area contributed by atoms with E-state index in [2.05, 4.69) is 57.2 Å². The number of nitrogens with two attached hydrogens (primary N) is 1. The van der Waals surface area contributed by atoms with Crippen molar-refractivity contribution in [1.82, 2.24) is 26.1 Å². The van der Waals surface area contributed by atoms with E-state index in [0.29, 0.717) is 91.4 Å². The Balaban J connectivity index is 0.000000749. The number of carbonyl (C=O) groups is 2. The number of guanidine groups is 1. The third-order valence-electron chi connectivity index (χ3n) is 10.7. The van der Waals surface area contributed by atoms with Crippen molar-refractivity contribution < 1.29 is 23.5 Å². The Labute approximate surface area is 361 Å². The highest BCUT2D eigenvalue weighted by atomic mass is 33.1. The number of H-pyrrole nitrogens is 1. The smallest absolute Gasteiger partial charge is 0.220 e. The highest BCUT2D eigenvalue weighted by Crippen LogP contribution is 2.44. The number of carbonyl (C=O) groups excluding carboxylic acids is 2. The molecule has 3 heterocycles. The van der Waals surface area contributed by atoms with E-state index in [4.69, 9.17) is 15.2 Å². The van der Waals surface area contributed by atoms with Crippen LogP contribution in [-0.2, 0) is 16.0 Å². The lowest BCUT2D eigenvalue weighted by Gasteiger charge is -2.14. The molecule has 2 amide bonds. The summed E-state index contributed by atoms with van der Waals surface area (Å²) in [6.07, 6.45) is 10.8. The second-order valence-corrected chi connectivity index (χ2v) is 19.2. The Morgan fingerprint density at radius 1 is 1.03 bits per heavy atom. The van der Waals surface area contributed by atoms with E-state index in [0.717, 1.165) is 59.1 Å². The fraction of sp³-hybridized carbons (Fsp3) is 0.581. The van der Waals surface area contributed by atoms with Gasteiger partial charge in [-0.1, -0.05) is 80.5 Å². The largest absolute Gasteiger partial charge is 0.493 e. The highest BCUT2D eigenvalue weighted by Gasteiger charge is 2.40. The maximum atomic E-state index is 13.7. The Morgan fingerprint density at radius 2 is 1.85 bits per heavy atom. The third-order valence-corrected chi connectivity index (χ3v) is 14.6. The zero-order valence-electron chi connectivity index (χ0n) is 35.0. The lowest BCUT2D eigenvalue weighted by Crippen LogP contribution is -2.38. The van der Waals surface area contributed by atoms with Crippen molar-refractivity contribution >= 4 is 62.6 Å². The van der Waals surface area contributed by atoms with Crippen molar-refractivity contribution in [2.24, 2.45) is 16.6 Å². The molecule has 0 spiro atoms. The minimum atomic E-state index is -0.315. The molecular formula is C43H63FN8O4S3. The number of halogens is 1. The zero-order valence-corrected chi connectivity index (χ0v) is 37.5. The number of aliphatic imine (C=N–C) groups is 1. The number of nitrogens with zero attached hydrogens (tertiary/aromatic N) is 2. The molecule has 1 aliphatic carbocycles. The molecule has 16 heteroatoms. The van der Waals surface area contributed by atoms with Crippen LogP contribution < -0.4 is 36.5 Å². The fourth-order valence-electron chi connectivity index (χ4n) is 7.17. The molecule has 0 bridgehead atoms. The van der Waals surface area contributed by atoms with E-state index in [1.165, 1.54) is 37.8 Å². The molecule has 1 aromatic heterocycles. The van der Waals surface area contributed by atoms with Gasteiger partial charge in [0.1, 0.15) is 5.82 Å². The van der Waals surface area contributed by atoms with Crippen LogP contribution in [0.4, 0.5) is 15.9 Å². The van der Waals surface area contributed by atoms with Gasteiger partial charge in [-0.05, 0) is 61.1 Å². The Morgan fingerprint density at radius 3 is 2.64 bits per heavy atom. The average molecular weight is 871 g/mol. The third kappa shape index (κ3) is 14.4. The molecule has 59 heavy (non-hydrogen) atoms. The van der Waals surface area contributed by atoms with Crippen LogP contribution in [0.15, 0.2) is 41.4 Å².